The summed E-state index contributed by atoms with van der Waals surface area (Å²) < 4.78 is 0.898. The number of benzene rings is 1. The predicted molar refractivity (Wildman–Crippen MR) is 108 cm³/mol. The maximum absolute atomic E-state index is 9.62. The number of hydrogen-bond donors (Lipinski definition) is 6. The molecule has 0 aromatic heterocycles. The lowest BCUT2D eigenvalue weighted by atomic mass is 10.2. The zero-order valence-electron chi connectivity index (χ0n) is 13.1. The van der Waals surface area contributed by atoms with Gasteiger partial charge in [0.15, 0.2) is 23.0 Å². The van der Waals surface area contributed by atoms with Gasteiger partial charge < -0.3 is 30.8 Å². The smallest absolute Gasteiger partial charge is 0.195 e. The minimum atomic E-state index is -0.565. The van der Waals surface area contributed by atoms with Gasteiger partial charge in [-0.25, -0.2) is 0 Å². The van der Waals surface area contributed by atoms with Crippen LogP contribution in [-0.2, 0) is 0 Å². The van der Waals surface area contributed by atoms with Crippen LogP contribution < -0.4 is 5.32 Å². The summed E-state index contributed by atoms with van der Waals surface area (Å²) in [6, 6.07) is 1.39. The maximum atomic E-state index is 9.62. The van der Waals surface area contributed by atoms with Crippen molar-refractivity contribution in [2.24, 2.45) is 0 Å². The number of aliphatic hydroxyl groups excluding tert-OH is 3. The highest BCUT2D eigenvalue weighted by molar-refractivity contribution is 9.13. The van der Waals surface area contributed by atoms with Crippen molar-refractivity contribution < 1.29 is 25.5 Å². The van der Waals surface area contributed by atoms with Crippen LogP contribution in [-0.4, -0.2) is 37.1 Å². The molecule has 0 aliphatic heterocycles. The van der Waals surface area contributed by atoms with E-state index in [9.17, 15) is 20.4 Å². The molecule has 0 bridgehead atoms. The van der Waals surface area contributed by atoms with Gasteiger partial charge in [0, 0.05) is 11.0 Å². The molecule has 0 amide bonds. The van der Waals surface area contributed by atoms with Crippen LogP contribution in [0.2, 0.25) is 0 Å². The third-order valence-electron chi connectivity index (χ3n) is 2.97. The molecule has 1 aromatic rings. The molecule has 1 aromatic carbocycles. The normalized spacial score (nSPS) is 13.0. The van der Waals surface area contributed by atoms with Gasteiger partial charge in [0.1, 0.15) is 5.76 Å². The number of phenolic OH excluding ortho intramolecular Hbond substituents is 2. The average Bonchev–Trinajstić information content (AvgIpc) is 2.57. The van der Waals surface area contributed by atoms with Crippen LogP contribution in [0.5, 0.6) is 11.5 Å². The second-order valence-corrected chi connectivity index (χ2v) is 6.92. The first kappa shape index (κ1) is 21.3. The van der Waals surface area contributed by atoms with Crippen molar-refractivity contribution in [1.29, 1.82) is 0 Å². The van der Waals surface area contributed by atoms with Crippen molar-refractivity contribution in [3.05, 3.63) is 50.0 Å². The molecule has 0 saturated carbocycles. The van der Waals surface area contributed by atoms with E-state index in [1.807, 2.05) is 0 Å². The Labute approximate surface area is 167 Å². The maximum Gasteiger partial charge on any atom is 0.195 e. The van der Waals surface area contributed by atoms with E-state index in [-0.39, 0.29) is 17.3 Å². The Kier molecular flexibility index (Phi) is 8.27. The SMILES string of the molecule is C/C(O)=C(O)\C(O)=C/CCNC(=S)/C=C/c1cc(O)c(O)c(Br)c1Br. The molecule has 0 saturated heterocycles. The fourth-order valence-electron chi connectivity index (χ4n) is 1.65. The fourth-order valence-corrected chi connectivity index (χ4v) is 2.69. The third kappa shape index (κ3) is 6.26. The molecule has 0 unspecified atom stereocenters. The topological polar surface area (TPSA) is 113 Å². The number of hydrogen-bond acceptors (Lipinski definition) is 6. The van der Waals surface area contributed by atoms with Crippen LogP contribution in [0.4, 0.5) is 0 Å². The summed E-state index contributed by atoms with van der Waals surface area (Å²) in [5, 5.41) is 50.0. The number of nitrogens with one attached hydrogen (secondary N) is 1. The van der Waals surface area contributed by atoms with E-state index < -0.39 is 11.5 Å². The second kappa shape index (κ2) is 9.69. The summed E-state index contributed by atoms with van der Waals surface area (Å²) in [5.74, 6) is -1.86. The quantitative estimate of drug-likeness (QED) is 0.0845. The molecule has 6 N–H and O–H groups in total. The van der Waals surface area contributed by atoms with Gasteiger partial charge in [-0.2, -0.15) is 0 Å². The lowest BCUT2D eigenvalue weighted by Gasteiger charge is -2.07. The van der Waals surface area contributed by atoms with Crippen LogP contribution in [0.25, 0.3) is 6.08 Å². The van der Waals surface area contributed by atoms with E-state index >= 15 is 0 Å². The van der Waals surface area contributed by atoms with E-state index in [0.29, 0.717) is 32.5 Å². The minimum absolute atomic E-state index is 0.258. The van der Waals surface area contributed by atoms with Gasteiger partial charge in [-0.15, -0.1) is 0 Å². The molecule has 1 rings (SSSR count). The molecule has 6 nitrogen and oxygen atoms in total. The van der Waals surface area contributed by atoms with Gasteiger partial charge in [-0.3, -0.25) is 0 Å². The molecule has 9 heteroatoms. The van der Waals surface area contributed by atoms with Crippen LogP contribution in [0.15, 0.2) is 44.4 Å². The van der Waals surface area contributed by atoms with Crippen molar-refractivity contribution in [3.63, 3.8) is 0 Å². The van der Waals surface area contributed by atoms with Crippen molar-refractivity contribution >= 4 is 55.1 Å². The number of phenols is 2. The molecule has 0 aliphatic carbocycles. The van der Waals surface area contributed by atoms with E-state index in [1.54, 1.807) is 12.2 Å². The van der Waals surface area contributed by atoms with Crippen LogP contribution in [0.3, 0.4) is 0 Å². The summed E-state index contributed by atoms with van der Waals surface area (Å²) in [6.45, 7) is 1.66. The Morgan fingerprint density at radius 3 is 2.44 bits per heavy atom. The van der Waals surface area contributed by atoms with Crippen LogP contribution >= 0.6 is 44.1 Å². The minimum Gasteiger partial charge on any atom is -0.509 e. The van der Waals surface area contributed by atoms with Gasteiger partial charge >= 0.3 is 0 Å². The summed E-state index contributed by atoms with van der Waals surface area (Å²) in [7, 11) is 0. The number of aliphatic hydroxyl groups is 3. The average molecular weight is 495 g/mol. The van der Waals surface area contributed by atoms with Crippen molar-refractivity contribution in [2.45, 2.75) is 13.3 Å². The van der Waals surface area contributed by atoms with Crippen molar-refractivity contribution in [3.8, 4) is 11.5 Å². The Hall–Kier alpha value is -1.71. The predicted octanol–water partition coefficient (Wildman–Crippen LogP) is 4.73. The number of allylic oxidation sites excluding steroid dienone is 1. The Morgan fingerprint density at radius 2 is 1.84 bits per heavy atom. The van der Waals surface area contributed by atoms with Crippen molar-refractivity contribution in [1.82, 2.24) is 5.32 Å². The standard InChI is InChI=1S/C16H17Br2NO5S/c1-8(20)15(23)10(21)3-2-6-19-12(25)5-4-9-7-11(22)16(24)14(18)13(9)17/h3-5,7,20-24H,2,6H2,1H3,(H,19,25)/b5-4+,10-3+,15-8-. The Balaban J connectivity index is 2.63. The zero-order valence-corrected chi connectivity index (χ0v) is 17.1. The van der Waals surface area contributed by atoms with E-state index in [4.69, 9.17) is 17.3 Å². The molecule has 0 radical (unpaired) electrons. The summed E-state index contributed by atoms with van der Waals surface area (Å²) in [6.07, 6.45) is 4.98. The first-order valence-corrected chi connectivity index (χ1v) is 8.98. The van der Waals surface area contributed by atoms with Gasteiger partial charge in [-0.05, 0) is 69.0 Å². The molecular weight excluding hydrogens is 478 g/mol. The monoisotopic (exact) mass is 493 g/mol. The van der Waals surface area contributed by atoms with Gasteiger partial charge in [0.25, 0.3) is 0 Å². The Morgan fingerprint density at radius 1 is 1.20 bits per heavy atom. The number of rotatable bonds is 6. The lowest BCUT2D eigenvalue weighted by molar-refractivity contribution is 0.284. The largest absolute Gasteiger partial charge is 0.509 e. The summed E-state index contributed by atoms with van der Waals surface area (Å²) in [4.78, 5) is 0.418. The van der Waals surface area contributed by atoms with E-state index in [0.717, 1.165) is 0 Å². The van der Waals surface area contributed by atoms with Gasteiger partial charge in [-0.1, -0.05) is 18.3 Å². The second-order valence-electron chi connectivity index (χ2n) is 4.90. The van der Waals surface area contributed by atoms with Crippen LogP contribution in [0.1, 0.15) is 18.9 Å². The third-order valence-corrected chi connectivity index (χ3v) is 5.41. The molecule has 0 aliphatic rings. The molecular formula is C16H17Br2NO5S. The lowest BCUT2D eigenvalue weighted by Crippen LogP contribution is -2.20. The first-order chi connectivity index (χ1) is 11.6. The van der Waals surface area contributed by atoms with E-state index in [2.05, 4.69) is 37.2 Å². The first-order valence-electron chi connectivity index (χ1n) is 6.99. The van der Waals surface area contributed by atoms with Gasteiger partial charge in [0.05, 0.1) is 9.46 Å². The molecule has 0 spiro atoms. The number of thiocarbonyl (C=S) groups is 1. The molecule has 136 valence electrons. The highest BCUT2D eigenvalue weighted by atomic mass is 79.9. The highest BCUT2D eigenvalue weighted by Crippen LogP contribution is 2.41. The number of halogens is 2. The van der Waals surface area contributed by atoms with Crippen LogP contribution in [0, 0.1) is 0 Å². The molecule has 0 fully saturated rings. The molecule has 0 atom stereocenters. The molecule has 0 heterocycles. The summed E-state index contributed by atoms with van der Waals surface area (Å²) >= 11 is 11.6. The van der Waals surface area contributed by atoms with Gasteiger partial charge in [0.2, 0.25) is 0 Å². The molecule has 25 heavy (non-hydrogen) atoms. The zero-order chi connectivity index (χ0) is 19.1. The summed E-state index contributed by atoms with van der Waals surface area (Å²) in [5.41, 5.74) is 0.609. The highest BCUT2D eigenvalue weighted by Gasteiger charge is 2.12. The van der Waals surface area contributed by atoms with Crippen molar-refractivity contribution in [2.75, 3.05) is 6.54 Å². The Bertz CT molecular complexity index is 755. The van der Waals surface area contributed by atoms with E-state index in [1.165, 1.54) is 19.1 Å². The fraction of sp³-hybridized carbons (Fsp3) is 0.188. The number of aromatic hydroxyl groups is 2.